The first-order valence-corrected chi connectivity index (χ1v) is 7.57. The Bertz CT molecular complexity index is 630. The van der Waals surface area contributed by atoms with Crippen LogP contribution in [0.25, 0.3) is 0 Å². The molecule has 0 aliphatic rings. The van der Waals surface area contributed by atoms with E-state index in [2.05, 4.69) is 9.88 Å². The molecule has 0 unspecified atom stereocenters. The summed E-state index contributed by atoms with van der Waals surface area (Å²) in [5.41, 5.74) is 6.96. The summed E-state index contributed by atoms with van der Waals surface area (Å²) < 4.78 is 31.5. The van der Waals surface area contributed by atoms with E-state index in [0.29, 0.717) is 18.0 Å². The van der Waals surface area contributed by atoms with E-state index in [-0.39, 0.29) is 10.8 Å². The predicted molar refractivity (Wildman–Crippen MR) is 67.5 cm³/mol. The highest BCUT2D eigenvalue weighted by Gasteiger charge is 2.17. The predicted octanol–water partition coefficient (Wildman–Crippen LogP) is 0.982. The lowest BCUT2D eigenvalue weighted by Crippen LogP contribution is -2.22. The Morgan fingerprint density at radius 1 is 1.50 bits per heavy atom. The number of nitrogens with one attached hydrogen (secondary N) is 1. The van der Waals surface area contributed by atoms with Gasteiger partial charge >= 0.3 is 0 Å². The van der Waals surface area contributed by atoms with Gasteiger partial charge in [0.15, 0.2) is 5.76 Å². The molecule has 0 aliphatic heterocycles. The molecule has 6 nitrogen and oxygen atoms in total. The van der Waals surface area contributed by atoms with Crippen LogP contribution in [0.4, 0.5) is 0 Å². The number of sulfonamides is 1. The van der Waals surface area contributed by atoms with Crippen molar-refractivity contribution in [3.05, 3.63) is 34.5 Å². The number of nitrogens with two attached hydrogens (primary N) is 1. The third-order valence-corrected chi connectivity index (χ3v) is 5.13. The summed E-state index contributed by atoms with van der Waals surface area (Å²) in [6.07, 6.45) is 0. The van der Waals surface area contributed by atoms with Crippen LogP contribution in [0.1, 0.15) is 17.0 Å². The van der Waals surface area contributed by atoms with Crippen LogP contribution in [-0.4, -0.2) is 13.6 Å². The van der Waals surface area contributed by atoms with Crippen LogP contribution in [0.5, 0.6) is 0 Å². The van der Waals surface area contributed by atoms with Crippen molar-refractivity contribution < 1.29 is 12.9 Å². The topological polar surface area (TPSA) is 98.2 Å². The summed E-state index contributed by atoms with van der Waals surface area (Å²) >= 11 is 1.14. The fourth-order valence-electron chi connectivity index (χ4n) is 1.34. The van der Waals surface area contributed by atoms with E-state index in [1.54, 1.807) is 24.4 Å². The van der Waals surface area contributed by atoms with Crippen LogP contribution >= 0.6 is 11.3 Å². The van der Waals surface area contributed by atoms with Gasteiger partial charge in [-0.05, 0) is 23.9 Å². The third-order valence-electron chi connectivity index (χ3n) is 2.24. The van der Waals surface area contributed by atoms with Crippen molar-refractivity contribution in [2.24, 2.45) is 5.73 Å². The number of aromatic nitrogens is 1. The molecule has 2 rings (SSSR count). The third kappa shape index (κ3) is 2.96. The molecule has 8 heteroatoms. The Kier molecular flexibility index (Phi) is 3.81. The Morgan fingerprint density at radius 3 is 2.83 bits per heavy atom. The maximum Gasteiger partial charge on any atom is 0.250 e. The molecule has 0 bridgehead atoms. The first-order valence-electron chi connectivity index (χ1n) is 5.20. The SMILES string of the molecule is Cc1cc(CNS(=O)(=O)c2cc(CN)cs2)on1. The molecular weight excluding hydrogens is 274 g/mol. The molecule has 0 spiro atoms. The van der Waals surface area contributed by atoms with Gasteiger partial charge in [0.1, 0.15) is 4.21 Å². The summed E-state index contributed by atoms with van der Waals surface area (Å²) in [6.45, 7) is 2.18. The second-order valence-corrected chi connectivity index (χ2v) is 6.64. The van der Waals surface area contributed by atoms with E-state index in [1.807, 2.05) is 0 Å². The molecule has 2 aromatic heterocycles. The van der Waals surface area contributed by atoms with E-state index in [9.17, 15) is 8.42 Å². The van der Waals surface area contributed by atoms with Gasteiger partial charge in [0.25, 0.3) is 0 Å². The van der Waals surface area contributed by atoms with Crippen molar-refractivity contribution in [2.45, 2.75) is 24.2 Å². The van der Waals surface area contributed by atoms with Crippen LogP contribution in [0, 0.1) is 6.92 Å². The monoisotopic (exact) mass is 287 g/mol. The van der Waals surface area contributed by atoms with Crippen molar-refractivity contribution >= 4 is 21.4 Å². The summed E-state index contributed by atoms with van der Waals surface area (Å²) in [5, 5.41) is 5.41. The fourth-order valence-corrected chi connectivity index (χ4v) is 3.60. The lowest BCUT2D eigenvalue weighted by Gasteiger charge is -2.01. The maximum atomic E-state index is 11.9. The van der Waals surface area contributed by atoms with Crippen molar-refractivity contribution in [1.82, 2.24) is 9.88 Å². The zero-order valence-electron chi connectivity index (χ0n) is 9.71. The van der Waals surface area contributed by atoms with E-state index in [4.69, 9.17) is 10.3 Å². The average Bonchev–Trinajstić information content (AvgIpc) is 2.95. The summed E-state index contributed by atoms with van der Waals surface area (Å²) in [4.78, 5) is 0. The molecule has 2 aromatic rings. The largest absolute Gasteiger partial charge is 0.360 e. The molecule has 0 atom stereocenters. The number of rotatable bonds is 5. The molecule has 0 saturated carbocycles. The van der Waals surface area contributed by atoms with Gasteiger partial charge in [0.2, 0.25) is 10.0 Å². The lowest BCUT2D eigenvalue weighted by atomic mass is 10.4. The highest BCUT2D eigenvalue weighted by atomic mass is 32.2. The van der Waals surface area contributed by atoms with Crippen LogP contribution in [-0.2, 0) is 23.1 Å². The maximum absolute atomic E-state index is 11.9. The van der Waals surface area contributed by atoms with E-state index < -0.39 is 10.0 Å². The number of hydrogen-bond acceptors (Lipinski definition) is 6. The van der Waals surface area contributed by atoms with Crippen LogP contribution in [0.2, 0.25) is 0 Å². The molecule has 0 saturated heterocycles. The van der Waals surface area contributed by atoms with Gasteiger partial charge in [-0.15, -0.1) is 11.3 Å². The highest BCUT2D eigenvalue weighted by Crippen LogP contribution is 2.20. The molecule has 0 fully saturated rings. The Labute approximate surface area is 109 Å². The van der Waals surface area contributed by atoms with Gasteiger partial charge in [-0.2, -0.15) is 0 Å². The second kappa shape index (κ2) is 5.19. The van der Waals surface area contributed by atoms with E-state index in [0.717, 1.165) is 16.9 Å². The Balaban J connectivity index is 2.07. The summed E-state index contributed by atoms with van der Waals surface area (Å²) in [5.74, 6) is 0.478. The fraction of sp³-hybridized carbons (Fsp3) is 0.300. The van der Waals surface area contributed by atoms with Gasteiger partial charge in [0.05, 0.1) is 12.2 Å². The van der Waals surface area contributed by atoms with E-state index in [1.165, 1.54) is 0 Å². The highest BCUT2D eigenvalue weighted by molar-refractivity contribution is 7.91. The molecular formula is C10H13N3O3S2. The molecule has 0 amide bonds. The van der Waals surface area contributed by atoms with Crippen molar-refractivity contribution in [1.29, 1.82) is 0 Å². The zero-order chi connectivity index (χ0) is 13.2. The number of nitrogens with zero attached hydrogens (tertiary/aromatic N) is 1. The molecule has 18 heavy (non-hydrogen) atoms. The molecule has 0 aliphatic carbocycles. The molecule has 2 heterocycles. The minimum absolute atomic E-state index is 0.0824. The van der Waals surface area contributed by atoms with Gasteiger partial charge in [0, 0.05) is 12.6 Å². The summed E-state index contributed by atoms with van der Waals surface area (Å²) in [7, 11) is -3.51. The second-order valence-electron chi connectivity index (χ2n) is 3.74. The van der Waals surface area contributed by atoms with Crippen molar-refractivity contribution in [3.63, 3.8) is 0 Å². The standard InChI is InChI=1S/C10H13N3O3S2/c1-7-2-9(16-13-7)5-12-18(14,15)10-3-8(4-11)6-17-10/h2-3,6,12H,4-5,11H2,1H3. The summed E-state index contributed by atoms with van der Waals surface area (Å²) in [6, 6.07) is 3.25. The van der Waals surface area contributed by atoms with Crippen molar-refractivity contribution in [3.8, 4) is 0 Å². The minimum Gasteiger partial charge on any atom is -0.360 e. The first-order chi connectivity index (χ1) is 8.51. The average molecular weight is 287 g/mol. The molecule has 0 radical (unpaired) electrons. The molecule has 98 valence electrons. The number of hydrogen-bond donors (Lipinski definition) is 2. The quantitative estimate of drug-likeness (QED) is 0.854. The smallest absolute Gasteiger partial charge is 0.250 e. The van der Waals surface area contributed by atoms with Gasteiger partial charge in [-0.3, -0.25) is 0 Å². The first kappa shape index (κ1) is 13.2. The molecule has 3 N–H and O–H groups in total. The lowest BCUT2D eigenvalue weighted by molar-refractivity contribution is 0.377. The van der Waals surface area contributed by atoms with Gasteiger partial charge < -0.3 is 10.3 Å². The molecule has 0 aromatic carbocycles. The van der Waals surface area contributed by atoms with E-state index >= 15 is 0 Å². The van der Waals surface area contributed by atoms with Gasteiger partial charge in [-0.1, -0.05) is 5.16 Å². The number of thiophene rings is 1. The van der Waals surface area contributed by atoms with Crippen LogP contribution in [0.3, 0.4) is 0 Å². The van der Waals surface area contributed by atoms with Crippen molar-refractivity contribution in [2.75, 3.05) is 0 Å². The Morgan fingerprint density at radius 2 is 2.28 bits per heavy atom. The van der Waals surface area contributed by atoms with Crippen LogP contribution < -0.4 is 10.5 Å². The zero-order valence-corrected chi connectivity index (χ0v) is 11.3. The minimum atomic E-state index is -3.51. The Hall–Kier alpha value is -1.22. The van der Waals surface area contributed by atoms with Gasteiger partial charge in [-0.25, -0.2) is 13.1 Å². The number of aryl methyl sites for hydroxylation is 1. The van der Waals surface area contributed by atoms with Crippen LogP contribution in [0.15, 0.2) is 26.2 Å². The normalized spacial score (nSPS) is 11.9.